The number of benzene rings is 2. The predicted molar refractivity (Wildman–Crippen MR) is 137 cm³/mol. The quantitative estimate of drug-likeness (QED) is 0.502. The number of urea groups is 1. The SMILES string of the molecule is CN(C)c1cc(N[C@H]2CC[C@@H](CN(C(N)=O)c3ccc(CN)cc3)CC2)nc2ccccc12. The molecule has 3 aromatic rings. The first-order valence-electron chi connectivity index (χ1n) is 11.6. The van der Waals surface area contributed by atoms with Crippen molar-refractivity contribution < 1.29 is 4.79 Å². The van der Waals surface area contributed by atoms with Crippen LogP contribution >= 0.6 is 0 Å². The van der Waals surface area contributed by atoms with Gasteiger partial charge in [0.25, 0.3) is 0 Å². The van der Waals surface area contributed by atoms with Crippen molar-refractivity contribution in [1.82, 2.24) is 4.98 Å². The Morgan fingerprint density at radius 3 is 2.39 bits per heavy atom. The smallest absolute Gasteiger partial charge is 0.319 e. The normalized spacial score (nSPS) is 18.2. The lowest BCUT2D eigenvalue weighted by Crippen LogP contribution is -2.41. The fraction of sp³-hybridized carbons (Fsp3) is 0.385. The van der Waals surface area contributed by atoms with Gasteiger partial charge in [-0.1, -0.05) is 30.3 Å². The van der Waals surface area contributed by atoms with Gasteiger partial charge < -0.3 is 21.7 Å². The Morgan fingerprint density at radius 2 is 1.76 bits per heavy atom. The standard InChI is InChI=1S/C26H34N6O/c1-31(2)24-15-25(30-23-6-4-3-5-22(23)24)29-20-11-7-19(8-12-20)17-32(26(28)33)21-13-9-18(16-27)10-14-21/h3-6,9-10,13-15,19-20H,7-8,11-12,16-17,27H2,1-2H3,(H2,28,33)(H,29,30)/t19-,20+. The van der Waals surface area contributed by atoms with Crippen LogP contribution < -0.4 is 26.6 Å². The van der Waals surface area contributed by atoms with Crippen molar-refractivity contribution in [3.05, 3.63) is 60.2 Å². The van der Waals surface area contributed by atoms with Crippen molar-refractivity contribution in [3.63, 3.8) is 0 Å². The van der Waals surface area contributed by atoms with Crippen LogP contribution in [0.3, 0.4) is 0 Å². The molecular formula is C26H34N6O. The van der Waals surface area contributed by atoms with Crippen molar-refractivity contribution in [2.45, 2.75) is 38.3 Å². The number of carbonyl (C=O) groups excluding carboxylic acids is 1. The Hall–Kier alpha value is -3.32. The average molecular weight is 447 g/mol. The number of hydrogen-bond acceptors (Lipinski definition) is 5. The van der Waals surface area contributed by atoms with Gasteiger partial charge in [0.2, 0.25) is 0 Å². The largest absolute Gasteiger partial charge is 0.377 e. The summed E-state index contributed by atoms with van der Waals surface area (Å²) in [4.78, 5) is 20.8. The molecule has 1 aliphatic carbocycles. The molecule has 1 fully saturated rings. The van der Waals surface area contributed by atoms with E-state index >= 15 is 0 Å². The van der Waals surface area contributed by atoms with Crippen LogP contribution in [-0.4, -0.2) is 37.7 Å². The van der Waals surface area contributed by atoms with Gasteiger partial charge in [-0.25, -0.2) is 9.78 Å². The molecule has 0 unspecified atom stereocenters. The Kier molecular flexibility index (Phi) is 6.99. The number of nitrogens with zero attached hydrogens (tertiary/aromatic N) is 3. The molecule has 2 amide bonds. The Labute approximate surface area is 195 Å². The highest BCUT2D eigenvalue weighted by Gasteiger charge is 2.25. The van der Waals surface area contributed by atoms with Gasteiger partial charge in [0.1, 0.15) is 5.82 Å². The first-order chi connectivity index (χ1) is 15.9. The maximum Gasteiger partial charge on any atom is 0.319 e. The highest BCUT2D eigenvalue weighted by Crippen LogP contribution is 2.31. The van der Waals surface area contributed by atoms with Gasteiger partial charge >= 0.3 is 6.03 Å². The minimum Gasteiger partial charge on any atom is -0.377 e. The number of rotatable bonds is 7. The minimum absolute atomic E-state index is 0.371. The third kappa shape index (κ3) is 5.37. The van der Waals surface area contributed by atoms with Crippen molar-refractivity contribution in [3.8, 4) is 0 Å². The molecule has 0 aliphatic heterocycles. The van der Waals surface area contributed by atoms with Gasteiger partial charge in [-0.05, 0) is 55.4 Å². The highest BCUT2D eigenvalue weighted by molar-refractivity contribution is 5.93. The lowest BCUT2D eigenvalue weighted by molar-refractivity contribution is 0.250. The summed E-state index contributed by atoms with van der Waals surface area (Å²) in [5.74, 6) is 1.34. The van der Waals surface area contributed by atoms with Crippen LogP contribution in [0.5, 0.6) is 0 Å². The zero-order chi connectivity index (χ0) is 23.4. The molecule has 1 aromatic heterocycles. The van der Waals surface area contributed by atoms with Crippen LogP contribution in [0.1, 0.15) is 31.2 Å². The summed E-state index contributed by atoms with van der Waals surface area (Å²) in [6.45, 7) is 1.12. The molecule has 33 heavy (non-hydrogen) atoms. The van der Waals surface area contributed by atoms with E-state index in [2.05, 4.69) is 42.5 Å². The molecule has 0 radical (unpaired) electrons. The first kappa shape index (κ1) is 22.9. The molecule has 2 aromatic carbocycles. The second-order valence-corrected chi connectivity index (χ2v) is 9.12. The van der Waals surface area contributed by atoms with E-state index in [1.165, 1.54) is 0 Å². The second-order valence-electron chi connectivity index (χ2n) is 9.12. The Bertz CT molecular complexity index is 1090. The number of fused-ring (bicyclic) bond motifs is 1. The number of aromatic nitrogens is 1. The summed E-state index contributed by atoms with van der Waals surface area (Å²) in [5, 5.41) is 4.81. The third-order valence-electron chi connectivity index (χ3n) is 6.57. The minimum atomic E-state index is -0.410. The van der Waals surface area contributed by atoms with Crippen LogP contribution in [0.4, 0.5) is 22.0 Å². The molecule has 7 heteroatoms. The molecular weight excluding hydrogens is 412 g/mol. The molecule has 1 heterocycles. The molecule has 1 saturated carbocycles. The summed E-state index contributed by atoms with van der Waals surface area (Å²) >= 11 is 0. The molecule has 0 bridgehead atoms. The fourth-order valence-electron chi connectivity index (χ4n) is 4.69. The van der Waals surface area contributed by atoms with Crippen molar-refractivity contribution in [1.29, 1.82) is 0 Å². The first-order valence-corrected chi connectivity index (χ1v) is 11.6. The topological polar surface area (TPSA) is 101 Å². The molecule has 5 N–H and O–H groups in total. The van der Waals surface area contributed by atoms with E-state index in [-0.39, 0.29) is 0 Å². The van der Waals surface area contributed by atoms with E-state index in [9.17, 15) is 4.79 Å². The van der Waals surface area contributed by atoms with E-state index < -0.39 is 6.03 Å². The third-order valence-corrected chi connectivity index (χ3v) is 6.57. The number of hydrogen-bond donors (Lipinski definition) is 3. The molecule has 7 nitrogen and oxygen atoms in total. The van der Waals surface area contributed by atoms with E-state index in [1.54, 1.807) is 4.90 Å². The van der Waals surface area contributed by atoms with E-state index in [0.717, 1.165) is 59.3 Å². The number of nitrogens with one attached hydrogen (secondary N) is 1. The fourth-order valence-corrected chi connectivity index (χ4v) is 4.69. The number of pyridine rings is 1. The van der Waals surface area contributed by atoms with E-state index in [4.69, 9.17) is 16.5 Å². The van der Waals surface area contributed by atoms with Gasteiger partial charge in [-0.3, -0.25) is 4.90 Å². The number of carbonyl (C=O) groups is 1. The maximum absolute atomic E-state index is 12.1. The number of anilines is 3. The van der Waals surface area contributed by atoms with Gasteiger partial charge in [0.05, 0.1) is 5.52 Å². The molecule has 0 spiro atoms. The number of nitrogens with two attached hydrogens (primary N) is 2. The number of amides is 2. The summed E-state index contributed by atoms with van der Waals surface area (Å²) in [7, 11) is 4.12. The zero-order valence-electron chi connectivity index (χ0n) is 19.5. The lowest BCUT2D eigenvalue weighted by Gasteiger charge is -2.33. The summed E-state index contributed by atoms with van der Waals surface area (Å²) in [6, 6.07) is 18.1. The van der Waals surface area contributed by atoms with Gasteiger partial charge in [-0.15, -0.1) is 0 Å². The molecule has 174 valence electrons. The van der Waals surface area contributed by atoms with Gasteiger partial charge in [-0.2, -0.15) is 0 Å². The molecule has 1 aliphatic rings. The van der Waals surface area contributed by atoms with Crippen LogP contribution in [0, 0.1) is 5.92 Å². The van der Waals surface area contributed by atoms with E-state index in [1.807, 2.05) is 36.4 Å². The van der Waals surface area contributed by atoms with Crippen molar-refractivity contribution >= 4 is 34.1 Å². The molecule has 0 atom stereocenters. The van der Waals surface area contributed by atoms with E-state index in [0.29, 0.717) is 25.0 Å². The van der Waals surface area contributed by atoms with Crippen molar-refractivity contribution in [2.24, 2.45) is 17.4 Å². The zero-order valence-corrected chi connectivity index (χ0v) is 19.5. The predicted octanol–water partition coefficient (Wildman–Crippen LogP) is 4.32. The van der Waals surface area contributed by atoms with Crippen molar-refractivity contribution in [2.75, 3.05) is 35.8 Å². The summed E-state index contributed by atoms with van der Waals surface area (Å²) in [5.41, 5.74) is 15.4. The van der Waals surface area contributed by atoms with Gasteiger partial charge in [0.15, 0.2) is 0 Å². The molecule has 4 rings (SSSR count). The number of para-hydroxylation sites is 1. The van der Waals surface area contributed by atoms with Crippen LogP contribution in [0.25, 0.3) is 10.9 Å². The highest BCUT2D eigenvalue weighted by atomic mass is 16.2. The van der Waals surface area contributed by atoms with Crippen LogP contribution in [0.15, 0.2) is 54.6 Å². The number of primary amides is 1. The van der Waals surface area contributed by atoms with Crippen LogP contribution in [0.2, 0.25) is 0 Å². The average Bonchev–Trinajstić information content (AvgIpc) is 2.83. The molecule has 0 saturated heterocycles. The maximum atomic E-state index is 12.1. The van der Waals surface area contributed by atoms with Crippen LogP contribution in [-0.2, 0) is 6.54 Å². The summed E-state index contributed by atoms with van der Waals surface area (Å²) in [6.07, 6.45) is 4.15. The Balaban J connectivity index is 1.39. The Morgan fingerprint density at radius 1 is 1.06 bits per heavy atom. The van der Waals surface area contributed by atoms with Gasteiger partial charge in [0, 0.05) is 56.1 Å². The second kappa shape index (κ2) is 10.1. The lowest BCUT2D eigenvalue weighted by atomic mass is 9.85. The monoisotopic (exact) mass is 446 g/mol. The summed E-state index contributed by atoms with van der Waals surface area (Å²) < 4.78 is 0.